The highest BCUT2D eigenvalue weighted by molar-refractivity contribution is 5.64. The second-order valence-electron chi connectivity index (χ2n) is 6.96. The Morgan fingerprint density at radius 2 is 1.30 bits per heavy atom. The van der Waals surface area contributed by atoms with Gasteiger partial charge in [0.25, 0.3) is 0 Å². The van der Waals surface area contributed by atoms with Crippen LogP contribution in [0, 0.1) is 11.6 Å². The molecule has 0 fully saturated rings. The number of aromatic hydroxyl groups is 1. The van der Waals surface area contributed by atoms with Crippen molar-refractivity contribution in [3.63, 3.8) is 0 Å². The van der Waals surface area contributed by atoms with Gasteiger partial charge >= 0.3 is 6.16 Å². The van der Waals surface area contributed by atoms with Gasteiger partial charge in [-0.05, 0) is 31.2 Å². The Morgan fingerprint density at radius 3 is 1.78 bits per heavy atom. The minimum Gasteiger partial charge on any atom is -0.504 e. The molecule has 0 saturated heterocycles. The van der Waals surface area contributed by atoms with Crippen LogP contribution in [-0.4, -0.2) is 16.4 Å². The van der Waals surface area contributed by atoms with Crippen LogP contribution in [0.25, 0.3) is 0 Å². The van der Waals surface area contributed by atoms with Gasteiger partial charge in [-0.15, -0.1) is 0 Å². The highest BCUT2D eigenvalue weighted by Gasteiger charge is 2.26. The van der Waals surface area contributed by atoms with Crippen LogP contribution in [0.15, 0.2) is 0 Å². The van der Waals surface area contributed by atoms with Gasteiger partial charge in [0.2, 0.25) is 11.6 Å². The summed E-state index contributed by atoms with van der Waals surface area (Å²) in [7, 11) is 0. The minimum absolute atomic E-state index is 0.148. The highest BCUT2D eigenvalue weighted by atomic mass is 19.2. The quantitative estimate of drug-likeness (QED) is 0.223. The molecule has 1 aromatic rings. The zero-order valence-corrected chi connectivity index (χ0v) is 16.5. The predicted octanol–water partition coefficient (Wildman–Crippen LogP) is 6.75. The first-order valence-corrected chi connectivity index (χ1v) is 10.1. The fraction of sp³-hybridized carbons (Fsp3) is 0.667. The standard InChI is InChI=1S/C21H32F2O4/c1-3-5-7-9-11-13-15-16(14-12-10-8-6-4-2)19(24)20(27-21(25)26)18(23)17(15)22/h24H,3-14H2,1-2H3,(H,25,26). The molecule has 0 bridgehead atoms. The molecule has 0 aromatic heterocycles. The first-order valence-electron chi connectivity index (χ1n) is 10.1. The molecular formula is C21H32F2O4. The lowest BCUT2D eigenvalue weighted by Crippen LogP contribution is -2.10. The smallest absolute Gasteiger partial charge is 0.504 e. The highest BCUT2D eigenvalue weighted by Crippen LogP contribution is 2.39. The molecule has 0 atom stereocenters. The number of carbonyl (C=O) groups is 1. The molecule has 154 valence electrons. The van der Waals surface area contributed by atoms with Crippen LogP contribution in [0.5, 0.6) is 11.5 Å². The molecule has 1 aromatic carbocycles. The van der Waals surface area contributed by atoms with Crippen molar-refractivity contribution in [2.24, 2.45) is 0 Å². The molecule has 4 nitrogen and oxygen atoms in total. The van der Waals surface area contributed by atoms with Crippen LogP contribution in [0.4, 0.5) is 13.6 Å². The van der Waals surface area contributed by atoms with Gasteiger partial charge in [-0.2, -0.15) is 4.39 Å². The summed E-state index contributed by atoms with van der Waals surface area (Å²) >= 11 is 0. The third-order valence-electron chi connectivity index (χ3n) is 4.77. The maximum absolute atomic E-state index is 14.6. The van der Waals surface area contributed by atoms with Crippen molar-refractivity contribution < 1.29 is 28.5 Å². The third kappa shape index (κ3) is 7.35. The average Bonchev–Trinajstić information content (AvgIpc) is 2.64. The number of phenols is 1. The summed E-state index contributed by atoms with van der Waals surface area (Å²) in [4.78, 5) is 10.8. The molecule has 27 heavy (non-hydrogen) atoms. The Bertz CT molecular complexity index is 603. The van der Waals surface area contributed by atoms with E-state index in [0.29, 0.717) is 25.7 Å². The topological polar surface area (TPSA) is 66.8 Å². The van der Waals surface area contributed by atoms with E-state index in [-0.39, 0.29) is 11.1 Å². The lowest BCUT2D eigenvalue weighted by atomic mass is 9.94. The number of carboxylic acid groups (broad SMARTS) is 1. The van der Waals surface area contributed by atoms with E-state index < -0.39 is 29.3 Å². The lowest BCUT2D eigenvalue weighted by Gasteiger charge is -2.16. The van der Waals surface area contributed by atoms with Crippen molar-refractivity contribution in [3.8, 4) is 11.5 Å². The number of phenolic OH excluding ortho intramolecular Hbond substituents is 1. The number of unbranched alkanes of at least 4 members (excludes halogenated alkanes) is 8. The molecule has 0 saturated carbocycles. The van der Waals surface area contributed by atoms with Gasteiger partial charge in [0.15, 0.2) is 11.6 Å². The van der Waals surface area contributed by atoms with E-state index in [4.69, 9.17) is 5.11 Å². The maximum atomic E-state index is 14.6. The summed E-state index contributed by atoms with van der Waals surface area (Å²) in [5, 5.41) is 19.1. The molecule has 1 rings (SSSR count). The van der Waals surface area contributed by atoms with E-state index in [2.05, 4.69) is 18.6 Å². The summed E-state index contributed by atoms with van der Waals surface area (Å²) in [6.45, 7) is 4.21. The van der Waals surface area contributed by atoms with Gasteiger partial charge in [0.1, 0.15) is 0 Å². The largest absolute Gasteiger partial charge is 0.511 e. The molecular weight excluding hydrogens is 354 g/mol. The van der Waals surface area contributed by atoms with Crippen LogP contribution in [-0.2, 0) is 12.8 Å². The second-order valence-corrected chi connectivity index (χ2v) is 6.96. The summed E-state index contributed by atoms with van der Waals surface area (Å²) in [5.41, 5.74) is 0.423. The Labute approximate surface area is 160 Å². The molecule has 0 unspecified atom stereocenters. The van der Waals surface area contributed by atoms with Crippen molar-refractivity contribution in [1.82, 2.24) is 0 Å². The van der Waals surface area contributed by atoms with Crippen molar-refractivity contribution in [2.45, 2.75) is 90.9 Å². The Hall–Kier alpha value is -1.85. The minimum atomic E-state index is -1.79. The number of hydrogen-bond acceptors (Lipinski definition) is 3. The van der Waals surface area contributed by atoms with E-state index in [1.807, 2.05) is 0 Å². The first-order chi connectivity index (χ1) is 12.9. The lowest BCUT2D eigenvalue weighted by molar-refractivity contribution is 0.140. The Balaban J connectivity index is 3.02. The predicted molar refractivity (Wildman–Crippen MR) is 102 cm³/mol. The molecule has 0 radical (unpaired) electrons. The van der Waals surface area contributed by atoms with Crippen LogP contribution in [0.3, 0.4) is 0 Å². The number of halogens is 2. The molecule has 6 heteroatoms. The summed E-state index contributed by atoms with van der Waals surface area (Å²) in [6, 6.07) is 0. The van der Waals surface area contributed by atoms with Gasteiger partial charge < -0.3 is 14.9 Å². The van der Waals surface area contributed by atoms with Crippen LogP contribution in [0.1, 0.15) is 89.2 Å². The van der Waals surface area contributed by atoms with Gasteiger partial charge in [-0.25, -0.2) is 9.18 Å². The van der Waals surface area contributed by atoms with E-state index in [0.717, 1.165) is 51.4 Å². The van der Waals surface area contributed by atoms with E-state index in [1.165, 1.54) is 0 Å². The van der Waals surface area contributed by atoms with Gasteiger partial charge in [0, 0.05) is 5.56 Å². The van der Waals surface area contributed by atoms with Gasteiger partial charge in [-0.3, -0.25) is 0 Å². The molecule has 0 heterocycles. The molecule has 0 spiro atoms. The summed E-state index contributed by atoms with van der Waals surface area (Å²) in [6.07, 6.45) is 8.56. The first kappa shape index (κ1) is 23.2. The zero-order valence-electron chi connectivity index (χ0n) is 16.5. The fourth-order valence-electron chi connectivity index (χ4n) is 3.27. The fourth-order valence-corrected chi connectivity index (χ4v) is 3.27. The number of rotatable bonds is 13. The third-order valence-corrected chi connectivity index (χ3v) is 4.77. The van der Waals surface area contributed by atoms with Crippen molar-refractivity contribution >= 4 is 6.16 Å². The van der Waals surface area contributed by atoms with Gasteiger partial charge in [0.05, 0.1) is 0 Å². The monoisotopic (exact) mass is 386 g/mol. The van der Waals surface area contributed by atoms with Crippen molar-refractivity contribution in [1.29, 1.82) is 0 Å². The summed E-state index contributed by atoms with van der Waals surface area (Å²) < 4.78 is 33.2. The maximum Gasteiger partial charge on any atom is 0.511 e. The Kier molecular flexibility index (Phi) is 10.8. The molecule has 2 N–H and O–H groups in total. The second kappa shape index (κ2) is 12.5. The van der Waals surface area contributed by atoms with Crippen molar-refractivity contribution in [2.75, 3.05) is 0 Å². The summed E-state index contributed by atoms with van der Waals surface area (Å²) in [5.74, 6) is -4.06. The molecule has 0 aliphatic carbocycles. The molecule has 0 aliphatic rings. The van der Waals surface area contributed by atoms with Crippen LogP contribution < -0.4 is 4.74 Å². The van der Waals surface area contributed by atoms with Crippen LogP contribution >= 0.6 is 0 Å². The average molecular weight is 386 g/mol. The molecule has 0 amide bonds. The van der Waals surface area contributed by atoms with E-state index in [1.54, 1.807) is 0 Å². The van der Waals surface area contributed by atoms with E-state index >= 15 is 0 Å². The van der Waals surface area contributed by atoms with Crippen molar-refractivity contribution in [3.05, 3.63) is 22.8 Å². The zero-order chi connectivity index (χ0) is 20.2. The Morgan fingerprint density at radius 1 is 0.815 bits per heavy atom. The van der Waals surface area contributed by atoms with Crippen LogP contribution in [0.2, 0.25) is 0 Å². The van der Waals surface area contributed by atoms with E-state index in [9.17, 15) is 18.7 Å². The normalized spacial score (nSPS) is 11.0. The number of hydrogen-bond donors (Lipinski definition) is 2. The SMILES string of the molecule is CCCCCCCc1c(O)c(OC(=O)O)c(F)c(F)c1CCCCCCC. The van der Waals surface area contributed by atoms with Gasteiger partial charge in [-0.1, -0.05) is 65.2 Å². The number of ether oxygens (including phenoxy) is 1. The molecule has 0 aliphatic heterocycles. The number of benzene rings is 1.